The number of likely N-dealkylation sites (tertiary alicyclic amines) is 1. The summed E-state index contributed by atoms with van der Waals surface area (Å²) in [6.45, 7) is 1.67. The Balaban J connectivity index is 1.95. The molecule has 1 amide bonds. The van der Waals surface area contributed by atoms with Gasteiger partial charge in [0.25, 0.3) is 5.91 Å². The first-order chi connectivity index (χ1) is 8.75. The standard InChI is InChI=1S/C14H15NO2S/c16-12-8-10(9-13-11(12)4-7-18-13)14(17)15-5-2-1-3-6-15/h4,7-9,16H,1-3,5-6H2. The van der Waals surface area contributed by atoms with E-state index in [1.165, 1.54) is 6.42 Å². The third kappa shape index (κ3) is 1.97. The molecule has 1 aliphatic heterocycles. The summed E-state index contributed by atoms with van der Waals surface area (Å²) in [5.74, 6) is 0.245. The molecule has 2 aromatic rings. The number of phenols is 1. The fourth-order valence-corrected chi connectivity index (χ4v) is 3.30. The third-order valence-electron chi connectivity index (χ3n) is 3.44. The van der Waals surface area contributed by atoms with E-state index in [0.717, 1.165) is 36.0 Å². The summed E-state index contributed by atoms with van der Waals surface area (Å²) in [7, 11) is 0. The summed E-state index contributed by atoms with van der Waals surface area (Å²) >= 11 is 1.55. The van der Waals surface area contributed by atoms with Crippen LogP contribution >= 0.6 is 11.3 Å². The van der Waals surface area contributed by atoms with Crippen LogP contribution in [0, 0.1) is 0 Å². The van der Waals surface area contributed by atoms with Crippen molar-refractivity contribution in [2.45, 2.75) is 19.3 Å². The monoisotopic (exact) mass is 261 g/mol. The lowest BCUT2D eigenvalue weighted by Crippen LogP contribution is -2.35. The van der Waals surface area contributed by atoms with Gasteiger partial charge in [-0.3, -0.25) is 4.79 Å². The highest BCUT2D eigenvalue weighted by atomic mass is 32.1. The van der Waals surface area contributed by atoms with E-state index in [9.17, 15) is 9.90 Å². The number of hydrogen-bond acceptors (Lipinski definition) is 3. The topological polar surface area (TPSA) is 40.5 Å². The lowest BCUT2D eigenvalue weighted by Gasteiger charge is -2.26. The van der Waals surface area contributed by atoms with Gasteiger partial charge in [0.2, 0.25) is 0 Å². The molecule has 0 aliphatic carbocycles. The summed E-state index contributed by atoms with van der Waals surface area (Å²) in [6, 6.07) is 5.35. The molecule has 3 nitrogen and oxygen atoms in total. The van der Waals surface area contributed by atoms with E-state index in [1.807, 2.05) is 22.4 Å². The number of hydrogen-bond donors (Lipinski definition) is 1. The van der Waals surface area contributed by atoms with Crippen LogP contribution in [0.1, 0.15) is 29.6 Å². The van der Waals surface area contributed by atoms with Gasteiger partial charge in [-0.05, 0) is 42.8 Å². The van der Waals surface area contributed by atoms with Gasteiger partial charge in [-0.15, -0.1) is 11.3 Å². The first-order valence-electron chi connectivity index (χ1n) is 6.25. The molecule has 3 rings (SSSR count). The Bertz CT molecular complexity index is 584. The van der Waals surface area contributed by atoms with Gasteiger partial charge in [-0.2, -0.15) is 0 Å². The maximum absolute atomic E-state index is 12.3. The molecule has 0 bridgehead atoms. The van der Waals surface area contributed by atoms with Gasteiger partial charge in [-0.25, -0.2) is 0 Å². The molecule has 1 aromatic heterocycles. The van der Waals surface area contributed by atoms with E-state index in [2.05, 4.69) is 0 Å². The second kappa shape index (κ2) is 4.61. The Morgan fingerprint density at radius 2 is 2.00 bits per heavy atom. The van der Waals surface area contributed by atoms with Crippen molar-refractivity contribution in [2.75, 3.05) is 13.1 Å². The molecule has 0 unspecified atom stereocenters. The maximum Gasteiger partial charge on any atom is 0.254 e. The van der Waals surface area contributed by atoms with Gasteiger partial charge in [0.05, 0.1) is 0 Å². The predicted molar refractivity (Wildman–Crippen MR) is 73.2 cm³/mol. The normalized spacial score (nSPS) is 16.1. The number of aromatic hydroxyl groups is 1. The number of carbonyl (C=O) groups excluding carboxylic acids is 1. The lowest BCUT2D eigenvalue weighted by molar-refractivity contribution is 0.0724. The number of fused-ring (bicyclic) bond motifs is 1. The van der Waals surface area contributed by atoms with Gasteiger partial charge in [0, 0.05) is 28.7 Å². The zero-order chi connectivity index (χ0) is 12.5. The van der Waals surface area contributed by atoms with Crippen LogP contribution in [-0.4, -0.2) is 29.0 Å². The van der Waals surface area contributed by atoms with Crippen LogP contribution in [0.25, 0.3) is 10.1 Å². The second-order valence-corrected chi connectivity index (χ2v) is 5.63. The maximum atomic E-state index is 12.3. The van der Waals surface area contributed by atoms with Crippen LogP contribution in [0.3, 0.4) is 0 Å². The molecule has 1 N–H and O–H groups in total. The van der Waals surface area contributed by atoms with Crippen molar-refractivity contribution in [2.24, 2.45) is 0 Å². The lowest BCUT2D eigenvalue weighted by atomic mass is 10.1. The zero-order valence-corrected chi connectivity index (χ0v) is 10.9. The van der Waals surface area contributed by atoms with E-state index in [0.29, 0.717) is 5.56 Å². The van der Waals surface area contributed by atoms with E-state index in [1.54, 1.807) is 17.4 Å². The highest BCUT2D eigenvalue weighted by Crippen LogP contribution is 2.31. The van der Waals surface area contributed by atoms with Gasteiger partial charge in [0.15, 0.2) is 0 Å². The Labute approximate surface area is 110 Å². The van der Waals surface area contributed by atoms with E-state index in [-0.39, 0.29) is 11.7 Å². The number of phenolic OH excluding ortho intramolecular Hbond substituents is 1. The minimum atomic E-state index is 0.0419. The number of nitrogens with zero attached hydrogens (tertiary/aromatic N) is 1. The number of rotatable bonds is 1. The molecule has 2 heterocycles. The van der Waals surface area contributed by atoms with Crippen molar-refractivity contribution in [3.05, 3.63) is 29.1 Å². The average Bonchev–Trinajstić information content (AvgIpc) is 2.88. The van der Waals surface area contributed by atoms with Crippen molar-refractivity contribution in [3.63, 3.8) is 0 Å². The molecule has 94 valence electrons. The fraction of sp³-hybridized carbons (Fsp3) is 0.357. The first-order valence-corrected chi connectivity index (χ1v) is 7.13. The van der Waals surface area contributed by atoms with Crippen molar-refractivity contribution >= 4 is 27.3 Å². The summed E-state index contributed by atoms with van der Waals surface area (Å²) in [4.78, 5) is 14.2. The summed E-state index contributed by atoms with van der Waals surface area (Å²) < 4.78 is 0.968. The SMILES string of the molecule is O=C(c1cc(O)c2ccsc2c1)N1CCCCC1. The first kappa shape index (κ1) is 11.5. The van der Waals surface area contributed by atoms with Crippen molar-refractivity contribution in [3.8, 4) is 5.75 Å². The van der Waals surface area contributed by atoms with Gasteiger partial charge >= 0.3 is 0 Å². The summed E-state index contributed by atoms with van der Waals surface area (Å²) in [6.07, 6.45) is 3.37. The molecule has 0 atom stereocenters. The molecular formula is C14H15NO2S. The predicted octanol–water partition coefficient (Wildman–Crippen LogP) is 3.23. The molecule has 1 saturated heterocycles. The zero-order valence-electron chi connectivity index (χ0n) is 10.1. The smallest absolute Gasteiger partial charge is 0.254 e. The molecule has 0 saturated carbocycles. The van der Waals surface area contributed by atoms with Crippen LogP contribution < -0.4 is 0 Å². The fourth-order valence-electron chi connectivity index (χ4n) is 2.46. The van der Waals surface area contributed by atoms with Crippen LogP contribution in [0.4, 0.5) is 0 Å². The van der Waals surface area contributed by atoms with Crippen LogP contribution in [0.2, 0.25) is 0 Å². The Morgan fingerprint density at radius 1 is 1.22 bits per heavy atom. The number of benzene rings is 1. The average molecular weight is 261 g/mol. The molecule has 1 aromatic carbocycles. The Kier molecular flexibility index (Phi) is 2.96. The number of piperidine rings is 1. The number of amides is 1. The van der Waals surface area contributed by atoms with E-state index < -0.39 is 0 Å². The molecule has 0 radical (unpaired) electrons. The van der Waals surface area contributed by atoms with Crippen LogP contribution in [0.5, 0.6) is 5.75 Å². The molecule has 18 heavy (non-hydrogen) atoms. The van der Waals surface area contributed by atoms with Gasteiger partial charge in [-0.1, -0.05) is 0 Å². The summed E-state index contributed by atoms with van der Waals surface area (Å²) in [5.41, 5.74) is 0.601. The highest BCUT2D eigenvalue weighted by molar-refractivity contribution is 7.17. The molecule has 1 aliphatic rings. The largest absolute Gasteiger partial charge is 0.507 e. The number of carbonyl (C=O) groups is 1. The van der Waals surface area contributed by atoms with Gasteiger partial charge < -0.3 is 10.0 Å². The third-order valence-corrected chi connectivity index (χ3v) is 4.30. The van der Waals surface area contributed by atoms with Crippen molar-refractivity contribution in [1.29, 1.82) is 0 Å². The van der Waals surface area contributed by atoms with Gasteiger partial charge in [0.1, 0.15) is 5.75 Å². The van der Waals surface area contributed by atoms with E-state index >= 15 is 0 Å². The second-order valence-electron chi connectivity index (χ2n) is 4.68. The molecule has 0 spiro atoms. The molecule has 4 heteroatoms. The van der Waals surface area contributed by atoms with Crippen LogP contribution in [0.15, 0.2) is 23.6 Å². The number of thiophene rings is 1. The minimum absolute atomic E-state index is 0.0419. The molecular weight excluding hydrogens is 246 g/mol. The minimum Gasteiger partial charge on any atom is -0.507 e. The van der Waals surface area contributed by atoms with E-state index in [4.69, 9.17) is 0 Å². The quantitative estimate of drug-likeness (QED) is 0.856. The summed E-state index contributed by atoms with van der Waals surface area (Å²) in [5, 5.41) is 12.7. The van der Waals surface area contributed by atoms with Crippen molar-refractivity contribution in [1.82, 2.24) is 4.90 Å². The van der Waals surface area contributed by atoms with Crippen molar-refractivity contribution < 1.29 is 9.90 Å². The Morgan fingerprint density at radius 3 is 2.78 bits per heavy atom. The highest BCUT2D eigenvalue weighted by Gasteiger charge is 2.19. The van der Waals surface area contributed by atoms with Crippen LogP contribution in [-0.2, 0) is 0 Å². The molecule has 1 fully saturated rings. The Hall–Kier alpha value is -1.55.